The molecule has 0 unspecified atom stereocenters. The van der Waals surface area contributed by atoms with Crippen LogP contribution in [0.4, 0.5) is 8.78 Å². The van der Waals surface area contributed by atoms with Crippen LogP contribution in [0.1, 0.15) is 58.3 Å². The number of benzene rings is 1. The number of halogens is 2. The molecule has 0 aliphatic heterocycles. The van der Waals surface area contributed by atoms with Crippen LogP contribution in [0.15, 0.2) is 18.2 Å². The van der Waals surface area contributed by atoms with E-state index in [0.29, 0.717) is 9.52 Å². The molecule has 0 atom stereocenters. The molecule has 0 nitrogen and oxygen atoms in total. The highest BCUT2D eigenvalue weighted by molar-refractivity contribution is 6.53. The number of rotatable bonds is 10. The van der Waals surface area contributed by atoms with E-state index < -0.39 is 11.6 Å². The van der Waals surface area contributed by atoms with Gasteiger partial charge in [0.1, 0.15) is 11.6 Å². The molecule has 0 heterocycles. The van der Waals surface area contributed by atoms with Crippen LogP contribution in [0.25, 0.3) is 0 Å². The molecule has 1 rings (SSSR count). The molecule has 0 fully saturated rings. The molecule has 2 radical (unpaired) electrons. The van der Waals surface area contributed by atoms with E-state index in [-0.39, 0.29) is 0 Å². The molecule has 3 heteroatoms. The van der Waals surface area contributed by atoms with Crippen molar-refractivity contribution in [1.82, 2.24) is 0 Å². The SMILES string of the molecule is CCCCCCCCCC[Si]c1cc(F)cc(F)c1. The van der Waals surface area contributed by atoms with Crippen molar-refractivity contribution in [3.05, 3.63) is 29.8 Å². The van der Waals surface area contributed by atoms with Crippen LogP contribution in [0.3, 0.4) is 0 Å². The molecule has 0 saturated heterocycles. The van der Waals surface area contributed by atoms with Crippen LogP contribution in [0.5, 0.6) is 0 Å². The predicted octanol–water partition coefficient (Wildman–Crippen LogP) is 4.85. The zero-order chi connectivity index (χ0) is 13.9. The summed E-state index contributed by atoms with van der Waals surface area (Å²) in [6, 6.07) is 4.89. The van der Waals surface area contributed by atoms with Crippen molar-refractivity contribution in [3.8, 4) is 0 Å². The molecule has 0 N–H and O–H groups in total. The van der Waals surface area contributed by atoms with E-state index in [0.717, 1.165) is 17.3 Å². The standard InChI is InChI=1S/C16H24F2Si/c1-2-3-4-5-6-7-8-9-10-19-16-12-14(17)11-15(18)13-16/h11-13H,2-10H2,1H3. The third kappa shape index (κ3) is 8.14. The summed E-state index contributed by atoms with van der Waals surface area (Å²) in [6.07, 6.45) is 10.4. The molecule has 0 bridgehead atoms. The van der Waals surface area contributed by atoms with Crippen molar-refractivity contribution in [1.29, 1.82) is 0 Å². The average molecular weight is 282 g/mol. The first-order valence-corrected chi connectivity index (χ1v) is 8.63. The first-order chi connectivity index (χ1) is 9.22. The summed E-state index contributed by atoms with van der Waals surface area (Å²) in [7, 11) is 0.529. The fourth-order valence-corrected chi connectivity index (χ4v) is 3.34. The minimum Gasteiger partial charge on any atom is -0.207 e. The van der Waals surface area contributed by atoms with Crippen LogP contribution in [-0.4, -0.2) is 9.52 Å². The summed E-state index contributed by atoms with van der Waals surface area (Å²) in [5.41, 5.74) is 0. The summed E-state index contributed by atoms with van der Waals surface area (Å²) in [4.78, 5) is 0. The van der Waals surface area contributed by atoms with E-state index in [4.69, 9.17) is 0 Å². The second-order valence-electron chi connectivity index (χ2n) is 5.06. The smallest absolute Gasteiger partial charge is 0.125 e. The summed E-state index contributed by atoms with van der Waals surface area (Å²) in [6.45, 7) is 2.23. The normalized spacial score (nSPS) is 10.9. The molecule has 0 spiro atoms. The Kier molecular flexibility index (Phi) is 8.72. The molecule has 1 aromatic rings. The van der Waals surface area contributed by atoms with Gasteiger partial charge in [-0.15, -0.1) is 0 Å². The summed E-state index contributed by atoms with van der Waals surface area (Å²) in [5, 5.41) is 0.806. The quantitative estimate of drug-likeness (QED) is 0.425. The molecular weight excluding hydrogens is 258 g/mol. The molecular formula is C16H24F2Si. The van der Waals surface area contributed by atoms with Gasteiger partial charge >= 0.3 is 0 Å². The Morgan fingerprint density at radius 1 is 0.789 bits per heavy atom. The van der Waals surface area contributed by atoms with Gasteiger partial charge in [-0.25, -0.2) is 8.78 Å². The predicted molar refractivity (Wildman–Crippen MR) is 79.2 cm³/mol. The van der Waals surface area contributed by atoms with Crippen molar-refractivity contribution in [2.75, 3.05) is 0 Å². The lowest BCUT2D eigenvalue weighted by atomic mass is 10.1. The Morgan fingerprint density at radius 2 is 1.32 bits per heavy atom. The molecule has 1 aromatic carbocycles. The van der Waals surface area contributed by atoms with Crippen molar-refractivity contribution in [2.24, 2.45) is 0 Å². The maximum absolute atomic E-state index is 13.0. The zero-order valence-electron chi connectivity index (χ0n) is 11.9. The summed E-state index contributed by atoms with van der Waals surface area (Å²) in [5.74, 6) is -0.920. The lowest BCUT2D eigenvalue weighted by Gasteiger charge is -2.02. The molecule has 0 saturated carbocycles. The molecule has 0 aliphatic carbocycles. The number of hydrogen-bond acceptors (Lipinski definition) is 0. The van der Waals surface area contributed by atoms with Crippen LogP contribution in [0, 0.1) is 11.6 Å². The van der Waals surface area contributed by atoms with Gasteiger partial charge in [0, 0.05) is 6.07 Å². The molecule has 0 aliphatic rings. The van der Waals surface area contributed by atoms with E-state index >= 15 is 0 Å². The maximum atomic E-state index is 13.0. The Hall–Kier alpha value is -0.703. The molecule has 19 heavy (non-hydrogen) atoms. The largest absolute Gasteiger partial charge is 0.207 e. The number of hydrogen-bond donors (Lipinski definition) is 0. The molecule has 0 aromatic heterocycles. The highest BCUT2D eigenvalue weighted by atomic mass is 28.2. The highest BCUT2D eigenvalue weighted by Crippen LogP contribution is 2.09. The first kappa shape index (κ1) is 16.4. The van der Waals surface area contributed by atoms with E-state index in [1.54, 1.807) is 0 Å². The van der Waals surface area contributed by atoms with Gasteiger partial charge in [-0.1, -0.05) is 69.5 Å². The minimum absolute atomic E-state index is 0.460. The Bertz CT molecular complexity index is 332. The van der Waals surface area contributed by atoms with Crippen molar-refractivity contribution >= 4 is 14.7 Å². The second-order valence-corrected chi connectivity index (χ2v) is 6.49. The second kappa shape index (κ2) is 10.1. The van der Waals surface area contributed by atoms with E-state index in [2.05, 4.69) is 6.92 Å². The Balaban J connectivity index is 2.01. The van der Waals surface area contributed by atoms with Crippen LogP contribution in [0.2, 0.25) is 6.04 Å². The highest BCUT2D eigenvalue weighted by Gasteiger charge is 2.01. The van der Waals surface area contributed by atoms with Gasteiger partial charge in [0.05, 0.1) is 9.52 Å². The van der Waals surface area contributed by atoms with Gasteiger partial charge in [-0.3, -0.25) is 0 Å². The van der Waals surface area contributed by atoms with Gasteiger partial charge in [0.25, 0.3) is 0 Å². The van der Waals surface area contributed by atoms with Gasteiger partial charge in [0.15, 0.2) is 0 Å². The lowest BCUT2D eigenvalue weighted by Crippen LogP contribution is -2.14. The van der Waals surface area contributed by atoms with Crippen molar-refractivity contribution in [2.45, 2.75) is 64.3 Å². The summed E-state index contributed by atoms with van der Waals surface area (Å²) >= 11 is 0. The number of unbranched alkanes of at least 4 members (excludes halogenated alkanes) is 7. The topological polar surface area (TPSA) is 0 Å². The van der Waals surface area contributed by atoms with Crippen molar-refractivity contribution < 1.29 is 8.78 Å². The Morgan fingerprint density at radius 3 is 1.89 bits per heavy atom. The zero-order valence-corrected chi connectivity index (χ0v) is 12.9. The van der Waals surface area contributed by atoms with Crippen LogP contribution >= 0.6 is 0 Å². The van der Waals surface area contributed by atoms with Gasteiger partial charge in [0.2, 0.25) is 0 Å². The minimum atomic E-state index is -0.460. The average Bonchev–Trinajstić information content (AvgIpc) is 2.36. The van der Waals surface area contributed by atoms with E-state index in [1.807, 2.05) is 0 Å². The van der Waals surface area contributed by atoms with Crippen LogP contribution < -0.4 is 5.19 Å². The first-order valence-electron chi connectivity index (χ1n) is 7.42. The van der Waals surface area contributed by atoms with E-state index in [1.165, 1.54) is 63.5 Å². The van der Waals surface area contributed by atoms with Crippen LogP contribution in [-0.2, 0) is 0 Å². The third-order valence-corrected chi connectivity index (χ3v) is 4.52. The van der Waals surface area contributed by atoms with Gasteiger partial charge in [-0.2, -0.15) is 0 Å². The van der Waals surface area contributed by atoms with E-state index in [9.17, 15) is 8.78 Å². The third-order valence-electron chi connectivity index (χ3n) is 3.22. The summed E-state index contributed by atoms with van der Waals surface area (Å²) < 4.78 is 25.9. The maximum Gasteiger partial charge on any atom is 0.125 e. The lowest BCUT2D eigenvalue weighted by molar-refractivity contribution is 0.584. The van der Waals surface area contributed by atoms with Crippen molar-refractivity contribution in [3.63, 3.8) is 0 Å². The monoisotopic (exact) mass is 282 g/mol. The fraction of sp³-hybridized carbons (Fsp3) is 0.625. The Labute approximate surface area is 118 Å². The van der Waals surface area contributed by atoms with Gasteiger partial charge < -0.3 is 0 Å². The molecule has 0 amide bonds. The fourth-order valence-electron chi connectivity index (χ4n) is 2.15. The molecule has 106 valence electrons. The van der Waals surface area contributed by atoms with Gasteiger partial charge in [-0.05, 0) is 12.1 Å².